The van der Waals surface area contributed by atoms with Crippen molar-refractivity contribution in [2.24, 2.45) is 4.99 Å². The molecule has 1 aromatic carbocycles. The van der Waals surface area contributed by atoms with Gasteiger partial charge in [-0.1, -0.05) is 13.8 Å². The van der Waals surface area contributed by atoms with Crippen molar-refractivity contribution in [3.8, 4) is 0 Å². The SMILES string of the molecule is COCCC1CN(C2=Nc3ccc(F)cc3Nc3sc(C(C)C)cc32)CCN1C. The predicted octanol–water partition coefficient (Wildman–Crippen LogP) is 4.80. The number of anilines is 2. The van der Waals surface area contributed by atoms with E-state index in [0.717, 1.165) is 60.4 Å². The minimum absolute atomic E-state index is 0.253. The van der Waals surface area contributed by atoms with Crippen LogP contribution in [0.1, 0.15) is 36.6 Å². The number of hydrogen-bond donors (Lipinski definition) is 1. The average Bonchev–Trinajstić information content (AvgIpc) is 3.05. The Labute approximate surface area is 176 Å². The van der Waals surface area contributed by atoms with Gasteiger partial charge in [-0.05, 0) is 43.7 Å². The molecule has 0 amide bonds. The molecule has 0 bridgehead atoms. The zero-order valence-electron chi connectivity index (χ0n) is 17.5. The fraction of sp³-hybridized carbons (Fsp3) is 0.500. The molecule has 0 saturated carbocycles. The van der Waals surface area contributed by atoms with E-state index in [9.17, 15) is 4.39 Å². The number of benzene rings is 1. The van der Waals surface area contributed by atoms with Gasteiger partial charge >= 0.3 is 0 Å². The van der Waals surface area contributed by atoms with E-state index in [-0.39, 0.29) is 5.82 Å². The highest BCUT2D eigenvalue weighted by molar-refractivity contribution is 7.16. The van der Waals surface area contributed by atoms with E-state index in [1.165, 1.54) is 17.0 Å². The van der Waals surface area contributed by atoms with Crippen molar-refractivity contribution in [3.63, 3.8) is 0 Å². The molecule has 1 N–H and O–H groups in total. The third-order valence-electron chi connectivity index (χ3n) is 5.73. The van der Waals surface area contributed by atoms with E-state index >= 15 is 0 Å². The third kappa shape index (κ3) is 4.17. The van der Waals surface area contributed by atoms with Gasteiger partial charge < -0.3 is 15.0 Å². The summed E-state index contributed by atoms with van der Waals surface area (Å²) in [5.74, 6) is 1.16. The van der Waals surface area contributed by atoms with Crippen LogP contribution < -0.4 is 5.32 Å². The Balaban J connectivity index is 1.74. The Hall–Kier alpha value is -1.96. The number of halogens is 1. The number of rotatable bonds is 4. The Bertz CT molecular complexity index is 910. The second-order valence-electron chi connectivity index (χ2n) is 8.13. The predicted molar refractivity (Wildman–Crippen MR) is 119 cm³/mol. The van der Waals surface area contributed by atoms with Crippen LogP contribution in [0.15, 0.2) is 29.3 Å². The van der Waals surface area contributed by atoms with E-state index in [1.807, 2.05) is 0 Å². The second-order valence-corrected chi connectivity index (χ2v) is 9.21. The van der Waals surface area contributed by atoms with Crippen molar-refractivity contribution in [3.05, 3.63) is 40.5 Å². The van der Waals surface area contributed by atoms with Crippen LogP contribution in [0.3, 0.4) is 0 Å². The van der Waals surface area contributed by atoms with E-state index < -0.39 is 0 Å². The maximum absolute atomic E-state index is 13.9. The van der Waals surface area contributed by atoms with Crippen molar-refractivity contribution in [1.29, 1.82) is 0 Å². The molecule has 1 atom stereocenters. The van der Waals surface area contributed by atoms with Crippen LogP contribution in [0.4, 0.5) is 20.8 Å². The van der Waals surface area contributed by atoms with E-state index in [2.05, 4.69) is 42.1 Å². The minimum atomic E-state index is -0.253. The number of likely N-dealkylation sites (N-methyl/N-ethyl adjacent to an activating group) is 1. The Kier molecular flexibility index (Phi) is 5.90. The summed E-state index contributed by atoms with van der Waals surface area (Å²) >= 11 is 1.74. The van der Waals surface area contributed by atoms with Crippen LogP contribution in [0.25, 0.3) is 0 Å². The molecular weight excluding hydrogens is 387 g/mol. The largest absolute Gasteiger partial charge is 0.385 e. The zero-order valence-corrected chi connectivity index (χ0v) is 18.4. The molecule has 1 fully saturated rings. The van der Waals surface area contributed by atoms with Crippen LogP contribution in [-0.4, -0.2) is 62.1 Å². The number of ether oxygens (including phenoxy) is 1. The van der Waals surface area contributed by atoms with Crippen molar-refractivity contribution >= 4 is 33.5 Å². The monoisotopic (exact) mass is 416 g/mol. The molecule has 0 aliphatic carbocycles. The van der Waals surface area contributed by atoms with E-state index in [4.69, 9.17) is 9.73 Å². The molecule has 0 radical (unpaired) electrons. The first-order valence-electron chi connectivity index (χ1n) is 10.2. The second kappa shape index (κ2) is 8.42. The molecule has 1 aromatic heterocycles. The number of fused-ring (bicyclic) bond motifs is 2. The quantitative estimate of drug-likeness (QED) is 0.777. The van der Waals surface area contributed by atoms with Crippen molar-refractivity contribution in [1.82, 2.24) is 9.80 Å². The summed E-state index contributed by atoms with van der Waals surface area (Å²) in [6.07, 6.45) is 0.991. The molecule has 0 spiro atoms. The van der Waals surface area contributed by atoms with Gasteiger partial charge in [0, 0.05) is 44.3 Å². The summed E-state index contributed by atoms with van der Waals surface area (Å²) in [5, 5.41) is 4.49. The van der Waals surface area contributed by atoms with Crippen LogP contribution in [0.2, 0.25) is 0 Å². The van der Waals surface area contributed by atoms with Crippen molar-refractivity contribution in [2.75, 3.05) is 45.7 Å². The summed E-state index contributed by atoms with van der Waals surface area (Å²) < 4.78 is 19.2. The molecule has 29 heavy (non-hydrogen) atoms. The Morgan fingerprint density at radius 1 is 1.31 bits per heavy atom. The molecule has 3 heterocycles. The fourth-order valence-electron chi connectivity index (χ4n) is 3.90. The van der Waals surface area contributed by atoms with E-state index in [1.54, 1.807) is 24.5 Å². The number of piperazine rings is 1. The highest BCUT2D eigenvalue weighted by atomic mass is 32.1. The number of nitrogens with zero attached hydrogens (tertiary/aromatic N) is 3. The first-order chi connectivity index (χ1) is 14.0. The van der Waals surface area contributed by atoms with Gasteiger partial charge in [0.2, 0.25) is 0 Å². The average molecular weight is 417 g/mol. The maximum atomic E-state index is 13.9. The van der Waals surface area contributed by atoms with Gasteiger partial charge in [0.05, 0.1) is 16.9 Å². The first kappa shape index (κ1) is 20.3. The van der Waals surface area contributed by atoms with Crippen LogP contribution in [-0.2, 0) is 4.74 Å². The number of nitrogens with one attached hydrogen (secondary N) is 1. The fourth-order valence-corrected chi connectivity index (χ4v) is 4.97. The van der Waals surface area contributed by atoms with Gasteiger partial charge in [-0.3, -0.25) is 4.90 Å². The summed E-state index contributed by atoms with van der Waals surface area (Å²) in [6, 6.07) is 7.44. The standard InChI is InChI=1S/C22H29FN4OS/c1-14(2)20-12-17-21(27-9-8-26(3)16(13-27)7-10-28-4)24-18-6-5-15(23)11-19(18)25-22(17)29-20/h5-6,11-12,14,16,25H,7-10,13H2,1-4H3. The molecule has 156 valence electrons. The first-order valence-corrected chi connectivity index (χ1v) is 11.0. The number of hydrogen-bond acceptors (Lipinski definition) is 6. The third-order valence-corrected chi connectivity index (χ3v) is 7.08. The summed E-state index contributed by atoms with van der Waals surface area (Å²) in [5.41, 5.74) is 2.62. The van der Waals surface area contributed by atoms with Crippen molar-refractivity contribution < 1.29 is 9.13 Å². The lowest BCUT2D eigenvalue weighted by atomic mass is 10.1. The van der Waals surface area contributed by atoms with Gasteiger partial charge in [0.25, 0.3) is 0 Å². The van der Waals surface area contributed by atoms with Crippen LogP contribution in [0, 0.1) is 5.82 Å². The molecule has 4 rings (SSSR count). The van der Waals surface area contributed by atoms with E-state index in [0.29, 0.717) is 12.0 Å². The lowest BCUT2D eigenvalue weighted by Crippen LogP contribution is -2.53. The number of thiophene rings is 1. The number of aliphatic imine (C=N–C) groups is 1. The zero-order chi connectivity index (χ0) is 20.5. The van der Waals surface area contributed by atoms with Crippen molar-refractivity contribution in [2.45, 2.75) is 32.2 Å². The molecule has 1 saturated heterocycles. The number of methoxy groups -OCH3 is 1. The lowest BCUT2D eigenvalue weighted by Gasteiger charge is -2.40. The van der Waals surface area contributed by atoms with Gasteiger partial charge in [0.15, 0.2) is 0 Å². The smallest absolute Gasteiger partial charge is 0.139 e. The molecule has 2 aromatic rings. The summed E-state index contributed by atoms with van der Waals surface area (Å²) in [6.45, 7) is 7.95. The van der Waals surface area contributed by atoms with Gasteiger partial charge in [-0.25, -0.2) is 9.38 Å². The Morgan fingerprint density at radius 2 is 2.14 bits per heavy atom. The molecule has 2 aliphatic rings. The van der Waals surface area contributed by atoms with Crippen LogP contribution in [0.5, 0.6) is 0 Å². The maximum Gasteiger partial charge on any atom is 0.139 e. The molecule has 7 heteroatoms. The lowest BCUT2D eigenvalue weighted by molar-refractivity contribution is 0.100. The highest BCUT2D eigenvalue weighted by Crippen LogP contribution is 2.41. The van der Waals surface area contributed by atoms with Gasteiger partial charge in [0.1, 0.15) is 16.7 Å². The van der Waals surface area contributed by atoms with Gasteiger partial charge in [-0.2, -0.15) is 0 Å². The Morgan fingerprint density at radius 3 is 2.90 bits per heavy atom. The highest BCUT2D eigenvalue weighted by Gasteiger charge is 2.30. The topological polar surface area (TPSA) is 40.1 Å². The van der Waals surface area contributed by atoms with Gasteiger partial charge in [-0.15, -0.1) is 11.3 Å². The number of amidine groups is 1. The molecule has 5 nitrogen and oxygen atoms in total. The van der Waals surface area contributed by atoms with Crippen LogP contribution >= 0.6 is 11.3 Å². The molecular formula is C22H29FN4OS. The molecule has 2 aliphatic heterocycles. The summed E-state index contributed by atoms with van der Waals surface area (Å²) in [4.78, 5) is 11.1. The normalized spacial score (nSPS) is 19.4. The molecule has 1 unspecified atom stereocenters. The summed E-state index contributed by atoms with van der Waals surface area (Å²) in [7, 11) is 3.93. The minimum Gasteiger partial charge on any atom is -0.385 e.